The fraction of sp³-hybridized carbons (Fsp3) is 0.133. The van der Waals surface area contributed by atoms with Gasteiger partial charge in [-0.3, -0.25) is 0 Å². The molecule has 0 aliphatic rings. The summed E-state index contributed by atoms with van der Waals surface area (Å²) in [7, 11) is 0. The molecule has 0 aliphatic heterocycles. The molecule has 0 spiro atoms. The van der Waals surface area contributed by atoms with E-state index in [1.165, 1.54) is 18.2 Å². The summed E-state index contributed by atoms with van der Waals surface area (Å²) in [5.74, 6) is -0.509. The third kappa shape index (κ3) is 4.44. The minimum absolute atomic E-state index is 0.0969. The van der Waals surface area contributed by atoms with Gasteiger partial charge in [0.1, 0.15) is 5.82 Å². The number of urea groups is 1. The maximum Gasteiger partial charge on any atom is 0.319 e. The van der Waals surface area contributed by atoms with Gasteiger partial charge in [0.15, 0.2) is 0 Å². The van der Waals surface area contributed by atoms with E-state index in [0.29, 0.717) is 10.7 Å². The van der Waals surface area contributed by atoms with Crippen LogP contribution in [0.5, 0.6) is 0 Å². The number of aliphatic hydroxyl groups excluding tert-OH is 1. The molecule has 3 N–H and O–H groups in total. The van der Waals surface area contributed by atoms with Crippen molar-refractivity contribution in [3.8, 4) is 0 Å². The molecule has 0 fully saturated rings. The van der Waals surface area contributed by atoms with Gasteiger partial charge >= 0.3 is 6.03 Å². The van der Waals surface area contributed by atoms with Crippen molar-refractivity contribution in [1.82, 2.24) is 5.32 Å². The molecule has 110 valence electrons. The SMILES string of the molecule is O=C(NC[C@H](O)c1ccccc1F)Nc1ccc(Cl)cc1. The van der Waals surface area contributed by atoms with Gasteiger partial charge in [-0.25, -0.2) is 9.18 Å². The van der Waals surface area contributed by atoms with Crippen LogP contribution in [0, 0.1) is 5.82 Å². The largest absolute Gasteiger partial charge is 0.386 e. The average molecular weight is 309 g/mol. The van der Waals surface area contributed by atoms with Crippen molar-refractivity contribution in [2.75, 3.05) is 11.9 Å². The van der Waals surface area contributed by atoms with Crippen LogP contribution in [0.1, 0.15) is 11.7 Å². The highest BCUT2D eigenvalue weighted by atomic mass is 35.5. The van der Waals surface area contributed by atoms with Crippen LogP contribution >= 0.6 is 11.6 Å². The molecule has 2 rings (SSSR count). The Kier molecular flexibility index (Phi) is 5.14. The Morgan fingerprint density at radius 3 is 2.52 bits per heavy atom. The second-order valence-electron chi connectivity index (χ2n) is 4.38. The Labute approximate surface area is 126 Å². The van der Waals surface area contributed by atoms with Gasteiger partial charge < -0.3 is 15.7 Å². The fourth-order valence-electron chi connectivity index (χ4n) is 1.75. The molecule has 21 heavy (non-hydrogen) atoms. The lowest BCUT2D eigenvalue weighted by Gasteiger charge is -2.13. The summed E-state index contributed by atoms with van der Waals surface area (Å²) in [5.41, 5.74) is 0.710. The van der Waals surface area contributed by atoms with Crippen LogP contribution in [0.15, 0.2) is 48.5 Å². The number of anilines is 1. The fourth-order valence-corrected chi connectivity index (χ4v) is 1.88. The topological polar surface area (TPSA) is 61.4 Å². The van der Waals surface area contributed by atoms with E-state index in [1.807, 2.05) is 0 Å². The van der Waals surface area contributed by atoms with Gasteiger partial charge in [0.05, 0.1) is 6.10 Å². The summed E-state index contributed by atoms with van der Waals surface area (Å²) in [6, 6.07) is 12.0. The van der Waals surface area contributed by atoms with Gasteiger partial charge in [0, 0.05) is 22.8 Å². The van der Waals surface area contributed by atoms with Crippen LogP contribution in [-0.4, -0.2) is 17.7 Å². The summed E-state index contributed by atoms with van der Waals surface area (Å²) in [5, 5.41) is 15.5. The second kappa shape index (κ2) is 7.06. The van der Waals surface area contributed by atoms with Crippen molar-refractivity contribution < 1.29 is 14.3 Å². The summed E-state index contributed by atoms with van der Waals surface area (Å²) >= 11 is 5.74. The molecule has 0 radical (unpaired) electrons. The number of aliphatic hydroxyl groups is 1. The van der Waals surface area contributed by atoms with Crippen molar-refractivity contribution in [2.24, 2.45) is 0 Å². The van der Waals surface area contributed by atoms with E-state index in [0.717, 1.165) is 0 Å². The Morgan fingerprint density at radius 1 is 1.19 bits per heavy atom. The van der Waals surface area contributed by atoms with Crippen molar-refractivity contribution in [3.05, 3.63) is 64.9 Å². The van der Waals surface area contributed by atoms with Gasteiger partial charge in [0.25, 0.3) is 0 Å². The molecule has 0 aromatic heterocycles. The quantitative estimate of drug-likeness (QED) is 0.811. The van der Waals surface area contributed by atoms with E-state index in [-0.39, 0.29) is 12.1 Å². The summed E-state index contributed by atoms with van der Waals surface area (Å²) in [4.78, 5) is 11.7. The van der Waals surface area contributed by atoms with Crippen molar-refractivity contribution in [2.45, 2.75) is 6.10 Å². The van der Waals surface area contributed by atoms with Gasteiger partial charge in [-0.15, -0.1) is 0 Å². The third-order valence-electron chi connectivity index (χ3n) is 2.82. The summed E-state index contributed by atoms with van der Waals surface area (Å²) < 4.78 is 13.4. The standard InChI is InChI=1S/C15H14ClFN2O2/c16-10-5-7-11(8-6-10)19-15(21)18-9-14(20)12-3-1-2-4-13(12)17/h1-8,14,20H,9H2,(H2,18,19,21)/t14-/m0/s1. The van der Waals surface area contributed by atoms with Gasteiger partial charge in [0.2, 0.25) is 0 Å². The molecule has 0 unspecified atom stereocenters. The molecule has 2 aromatic rings. The normalized spacial score (nSPS) is 11.8. The van der Waals surface area contributed by atoms with Gasteiger partial charge in [-0.1, -0.05) is 29.8 Å². The highest BCUT2D eigenvalue weighted by Crippen LogP contribution is 2.16. The molecule has 0 saturated heterocycles. The van der Waals surface area contributed by atoms with E-state index in [2.05, 4.69) is 10.6 Å². The van der Waals surface area contributed by atoms with Crippen LogP contribution in [0.25, 0.3) is 0 Å². The molecule has 0 aliphatic carbocycles. The van der Waals surface area contributed by atoms with Gasteiger partial charge in [-0.2, -0.15) is 0 Å². The molecule has 6 heteroatoms. The van der Waals surface area contributed by atoms with Crippen molar-refractivity contribution in [3.63, 3.8) is 0 Å². The third-order valence-corrected chi connectivity index (χ3v) is 3.07. The monoisotopic (exact) mass is 308 g/mol. The first-order valence-electron chi connectivity index (χ1n) is 6.29. The van der Waals surface area contributed by atoms with E-state index in [1.54, 1.807) is 30.3 Å². The number of carbonyl (C=O) groups excluding carboxylic acids is 1. The van der Waals surface area contributed by atoms with Crippen molar-refractivity contribution in [1.29, 1.82) is 0 Å². The van der Waals surface area contributed by atoms with E-state index >= 15 is 0 Å². The van der Waals surface area contributed by atoms with E-state index in [4.69, 9.17) is 11.6 Å². The predicted molar refractivity (Wildman–Crippen MR) is 79.8 cm³/mol. The first kappa shape index (κ1) is 15.3. The van der Waals surface area contributed by atoms with E-state index in [9.17, 15) is 14.3 Å². The first-order chi connectivity index (χ1) is 10.1. The van der Waals surface area contributed by atoms with Crippen LogP contribution in [0.3, 0.4) is 0 Å². The maximum atomic E-state index is 13.4. The average Bonchev–Trinajstić information content (AvgIpc) is 2.48. The zero-order valence-electron chi connectivity index (χ0n) is 11.0. The number of hydrogen-bond donors (Lipinski definition) is 3. The maximum absolute atomic E-state index is 13.4. The smallest absolute Gasteiger partial charge is 0.319 e. The minimum atomic E-state index is -1.11. The number of amides is 2. The molecule has 1 atom stereocenters. The minimum Gasteiger partial charge on any atom is -0.386 e. The number of rotatable bonds is 4. The number of halogens is 2. The lowest BCUT2D eigenvalue weighted by Crippen LogP contribution is -2.32. The molecule has 2 aromatic carbocycles. The Morgan fingerprint density at radius 2 is 1.86 bits per heavy atom. The highest BCUT2D eigenvalue weighted by Gasteiger charge is 2.13. The number of benzene rings is 2. The van der Waals surface area contributed by atoms with Crippen molar-refractivity contribution >= 4 is 23.3 Å². The first-order valence-corrected chi connectivity index (χ1v) is 6.67. The predicted octanol–water partition coefficient (Wildman–Crippen LogP) is 3.33. The second-order valence-corrected chi connectivity index (χ2v) is 4.82. The Balaban J connectivity index is 1.86. The molecular weight excluding hydrogens is 295 g/mol. The summed E-state index contributed by atoms with van der Waals surface area (Å²) in [6.45, 7) is -0.0969. The number of nitrogens with one attached hydrogen (secondary N) is 2. The summed E-state index contributed by atoms with van der Waals surface area (Å²) in [6.07, 6.45) is -1.11. The molecule has 0 saturated carbocycles. The van der Waals surface area contributed by atoms with E-state index < -0.39 is 18.0 Å². The van der Waals surface area contributed by atoms with Crippen LogP contribution < -0.4 is 10.6 Å². The zero-order valence-corrected chi connectivity index (χ0v) is 11.8. The highest BCUT2D eigenvalue weighted by molar-refractivity contribution is 6.30. The van der Waals surface area contributed by atoms with Crippen LogP contribution in [0.2, 0.25) is 5.02 Å². The number of carbonyl (C=O) groups is 1. The van der Waals surface area contributed by atoms with Crippen LogP contribution in [0.4, 0.5) is 14.9 Å². The zero-order chi connectivity index (χ0) is 15.2. The Hall–Kier alpha value is -2.11. The number of hydrogen-bond acceptors (Lipinski definition) is 2. The molecule has 0 bridgehead atoms. The molecule has 0 heterocycles. The van der Waals surface area contributed by atoms with Gasteiger partial charge in [-0.05, 0) is 30.3 Å². The van der Waals surface area contributed by atoms with Crippen LogP contribution in [-0.2, 0) is 0 Å². The Bertz CT molecular complexity index is 619. The molecular formula is C15H14ClFN2O2. The lowest BCUT2D eigenvalue weighted by molar-refractivity contribution is 0.170. The molecule has 4 nitrogen and oxygen atoms in total. The molecule has 2 amide bonds. The lowest BCUT2D eigenvalue weighted by atomic mass is 10.1.